The lowest BCUT2D eigenvalue weighted by Gasteiger charge is -2.38. The number of benzene rings is 2. The predicted molar refractivity (Wildman–Crippen MR) is 148 cm³/mol. The van der Waals surface area contributed by atoms with Crippen molar-refractivity contribution in [3.8, 4) is 17.6 Å². The third-order valence-electron chi connectivity index (χ3n) is 7.30. The predicted octanol–water partition coefficient (Wildman–Crippen LogP) is 1.88. The summed E-state index contributed by atoms with van der Waals surface area (Å²) in [7, 11) is -2.23. The van der Waals surface area contributed by atoms with E-state index in [2.05, 4.69) is 27.2 Å². The molecular weight excluding hydrogens is 598 g/mol. The van der Waals surface area contributed by atoms with Crippen LogP contribution in [0.25, 0.3) is 10.9 Å². The van der Waals surface area contributed by atoms with Crippen LogP contribution in [0.4, 0.5) is 28.9 Å². The van der Waals surface area contributed by atoms with Gasteiger partial charge in [-0.1, -0.05) is 12.0 Å². The van der Waals surface area contributed by atoms with Crippen LogP contribution >= 0.6 is 0 Å². The Morgan fingerprint density at radius 3 is 2.60 bits per heavy atom. The van der Waals surface area contributed by atoms with Crippen molar-refractivity contribution in [1.29, 1.82) is 0 Å². The number of halogens is 4. The Balaban J connectivity index is 1.39. The normalized spacial score (nSPS) is 20.4. The minimum atomic E-state index is -4.56. The number of sulfonamides is 1. The lowest BCUT2D eigenvalue weighted by Crippen LogP contribution is -2.57. The van der Waals surface area contributed by atoms with E-state index in [1.807, 2.05) is 0 Å². The Hall–Kier alpha value is -3.59. The summed E-state index contributed by atoms with van der Waals surface area (Å²) in [6, 6.07) is 8.30. The number of likely N-dealkylation sites (tertiary alicyclic amines) is 1. The van der Waals surface area contributed by atoms with Gasteiger partial charge in [0.05, 0.1) is 41.5 Å². The molecule has 0 aliphatic carbocycles. The minimum absolute atomic E-state index is 0.00184. The van der Waals surface area contributed by atoms with Crippen molar-refractivity contribution in [1.82, 2.24) is 14.2 Å². The first-order valence-electron chi connectivity index (χ1n) is 13.1. The van der Waals surface area contributed by atoms with Crippen LogP contribution in [0.15, 0.2) is 41.3 Å². The van der Waals surface area contributed by atoms with Crippen molar-refractivity contribution in [2.45, 2.75) is 48.9 Å². The summed E-state index contributed by atoms with van der Waals surface area (Å²) in [5.74, 6) is 5.83. The van der Waals surface area contributed by atoms with Gasteiger partial charge in [-0.25, -0.2) is 22.4 Å². The summed E-state index contributed by atoms with van der Waals surface area (Å²) in [6.07, 6.45) is -9.25. The van der Waals surface area contributed by atoms with E-state index in [-0.39, 0.29) is 47.9 Å². The minimum Gasteiger partial charge on any atom is -0.495 e. The van der Waals surface area contributed by atoms with Gasteiger partial charge in [0.1, 0.15) is 18.5 Å². The van der Waals surface area contributed by atoms with Gasteiger partial charge in [0, 0.05) is 36.8 Å². The number of alkyl halides is 4. The van der Waals surface area contributed by atoms with Gasteiger partial charge in [-0.05, 0) is 42.2 Å². The molecule has 232 valence electrons. The molecule has 0 saturated carbocycles. The Morgan fingerprint density at radius 2 is 1.93 bits per heavy atom. The van der Waals surface area contributed by atoms with Crippen LogP contribution in [0, 0.1) is 11.8 Å². The third kappa shape index (κ3) is 6.66. The number of aliphatic hydroxyl groups is 3. The van der Waals surface area contributed by atoms with E-state index < -0.39 is 47.6 Å². The summed E-state index contributed by atoms with van der Waals surface area (Å²) in [5.41, 5.74) is 1.66. The number of fused-ring (bicyclic) bond motifs is 2. The second-order valence-corrected chi connectivity index (χ2v) is 11.9. The highest BCUT2D eigenvalue weighted by atomic mass is 32.2. The van der Waals surface area contributed by atoms with E-state index in [1.165, 1.54) is 31.4 Å². The maximum Gasteiger partial charge on any atom is 0.406 e. The average molecular weight is 628 g/mol. The van der Waals surface area contributed by atoms with Gasteiger partial charge in [-0.15, -0.1) is 0 Å². The average Bonchev–Trinajstić information content (AvgIpc) is 3.41. The number of nitrogens with one attached hydrogen (secondary N) is 3. The van der Waals surface area contributed by atoms with Gasteiger partial charge in [0.25, 0.3) is 0 Å². The van der Waals surface area contributed by atoms with Gasteiger partial charge >= 0.3 is 12.3 Å². The maximum absolute atomic E-state index is 14.9. The molecule has 2 aromatic carbocycles. The SMILES string of the molecule is COc1cc2c(cc1NCC#Cc1cc3c(NC4CCN(C(O)(O)O)CC4F)cccc3n1CC(F)(F)F)CNS2(=O)=O. The second-order valence-electron chi connectivity index (χ2n) is 10.2. The highest BCUT2D eigenvalue weighted by molar-refractivity contribution is 7.89. The lowest BCUT2D eigenvalue weighted by atomic mass is 10.0. The summed E-state index contributed by atoms with van der Waals surface area (Å²) in [6.45, 7) is -1.72. The van der Waals surface area contributed by atoms with Crippen LogP contribution < -0.4 is 20.1 Å². The highest BCUT2D eigenvalue weighted by Gasteiger charge is 2.38. The number of rotatable bonds is 7. The van der Waals surface area contributed by atoms with E-state index in [4.69, 9.17) is 4.74 Å². The zero-order chi connectivity index (χ0) is 31.2. The van der Waals surface area contributed by atoms with Crippen LogP contribution in [-0.2, 0) is 23.1 Å². The zero-order valence-electron chi connectivity index (χ0n) is 22.7. The van der Waals surface area contributed by atoms with Gasteiger partial charge in [-0.3, -0.25) is 0 Å². The van der Waals surface area contributed by atoms with Gasteiger partial charge in [-0.2, -0.15) is 13.2 Å². The fourth-order valence-electron chi connectivity index (χ4n) is 5.23. The first-order chi connectivity index (χ1) is 20.2. The fourth-order valence-corrected chi connectivity index (χ4v) is 6.47. The molecular formula is C27H29F4N5O6S. The molecule has 2 unspecified atom stereocenters. The van der Waals surface area contributed by atoms with Crippen molar-refractivity contribution in [2.24, 2.45) is 0 Å². The number of anilines is 2. The smallest absolute Gasteiger partial charge is 0.406 e. The standard InChI is InChI=1S/C27H29F4N5O6S/c1-42-24-12-25-16(13-33-43(25,40)41)10-22(24)32-8-3-4-17-11-18-20(5-2-6-23(18)36(17)15-26(29,30)31)34-21-7-9-35(14-19(21)28)27(37,38)39/h2,5-6,10-12,19,21,32-34,37-39H,7-9,13-15H2,1H3. The largest absolute Gasteiger partial charge is 0.495 e. The molecule has 0 amide bonds. The molecule has 43 heavy (non-hydrogen) atoms. The number of aromatic nitrogens is 1. The summed E-state index contributed by atoms with van der Waals surface area (Å²) < 4.78 is 88.5. The van der Waals surface area contributed by atoms with Crippen molar-refractivity contribution in [3.05, 3.63) is 47.7 Å². The first-order valence-corrected chi connectivity index (χ1v) is 14.6. The molecule has 1 saturated heterocycles. The lowest BCUT2D eigenvalue weighted by molar-refractivity contribution is -0.397. The molecule has 2 aliphatic heterocycles. The quantitative estimate of drug-likeness (QED) is 0.131. The van der Waals surface area contributed by atoms with Crippen molar-refractivity contribution >= 4 is 32.3 Å². The summed E-state index contributed by atoms with van der Waals surface area (Å²) in [4.78, 5) is 0.866. The molecule has 1 fully saturated rings. The molecule has 3 heterocycles. The van der Waals surface area contributed by atoms with Gasteiger partial charge in [0.2, 0.25) is 10.0 Å². The number of hydrogen-bond donors (Lipinski definition) is 6. The third-order valence-corrected chi connectivity index (χ3v) is 8.78. The van der Waals surface area contributed by atoms with E-state index in [0.29, 0.717) is 22.3 Å². The molecule has 6 N–H and O–H groups in total. The molecule has 11 nitrogen and oxygen atoms in total. The molecule has 5 rings (SSSR count). The van der Waals surface area contributed by atoms with Crippen molar-refractivity contribution in [3.63, 3.8) is 0 Å². The van der Waals surface area contributed by atoms with Crippen LogP contribution in [0.5, 0.6) is 5.75 Å². The molecule has 0 radical (unpaired) electrons. The maximum atomic E-state index is 14.9. The van der Waals surface area contributed by atoms with Crippen molar-refractivity contribution in [2.75, 3.05) is 37.4 Å². The molecule has 1 aromatic heterocycles. The first kappa shape index (κ1) is 30.9. The highest BCUT2D eigenvalue weighted by Crippen LogP contribution is 2.34. The Kier molecular flexibility index (Phi) is 8.24. The summed E-state index contributed by atoms with van der Waals surface area (Å²) in [5, 5.41) is 34.4. The molecule has 0 spiro atoms. The zero-order valence-corrected chi connectivity index (χ0v) is 23.6. The number of methoxy groups -OCH3 is 1. The van der Waals surface area contributed by atoms with E-state index in [9.17, 15) is 41.3 Å². The van der Waals surface area contributed by atoms with Crippen LogP contribution in [-0.4, -0.2) is 84.4 Å². The van der Waals surface area contributed by atoms with Crippen LogP contribution in [0.3, 0.4) is 0 Å². The second kappa shape index (κ2) is 11.5. The molecule has 2 atom stereocenters. The Morgan fingerprint density at radius 1 is 1.16 bits per heavy atom. The summed E-state index contributed by atoms with van der Waals surface area (Å²) >= 11 is 0. The monoisotopic (exact) mass is 627 g/mol. The fraction of sp³-hybridized carbons (Fsp3) is 0.407. The van der Waals surface area contributed by atoms with Crippen molar-refractivity contribution < 1.29 is 46.0 Å². The number of piperidine rings is 1. The Labute approximate surface area is 244 Å². The van der Waals surface area contributed by atoms with E-state index >= 15 is 0 Å². The number of nitrogens with zero attached hydrogens (tertiary/aromatic N) is 2. The van der Waals surface area contributed by atoms with Crippen LogP contribution in [0.1, 0.15) is 17.7 Å². The molecule has 3 aromatic rings. The van der Waals surface area contributed by atoms with Gasteiger partial charge in [0.15, 0.2) is 0 Å². The molecule has 0 bridgehead atoms. The topological polar surface area (TPSA) is 148 Å². The van der Waals surface area contributed by atoms with Gasteiger partial charge < -0.3 is 35.3 Å². The van der Waals surface area contributed by atoms with Crippen LogP contribution in [0.2, 0.25) is 0 Å². The molecule has 2 aliphatic rings. The Bertz CT molecular complexity index is 1690. The van der Waals surface area contributed by atoms with E-state index in [1.54, 1.807) is 12.1 Å². The van der Waals surface area contributed by atoms with E-state index in [0.717, 1.165) is 9.47 Å². The molecule has 16 heteroatoms. The number of hydrogen-bond acceptors (Lipinski definition) is 9. The number of ether oxygens (including phenoxy) is 1.